The summed E-state index contributed by atoms with van der Waals surface area (Å²) < 4.78 is 1.17. The fourth-order valence-corrected chi connectivity index (χ4v) is 1.78. The maximum atomic E-state index is 12.3. The molecule has 0 bridgehead atoms. The Labute approximate surface area is 146 Å². The van der Waals surface area contributed by atoms with Crippen molar-refractivity contribution in [3.8, 4) is 0 Å². The summed E-state index contributed by atoms with van der Waals surface area (Å²) in [6, 6.07) is 0. The van der Waals surface area contributed by atoms with Gasteiger partial charge in [-0.3, -0.25) is 14.4 Å². The van der Waals surface area contributed by atoms with Crippen molar-refractivity contribution in [3.05, 3.63) is 22.5 Å². The van der Waals surface area contributed by atoms with Crippen LogP contribution in [0.4, 0.5) is 5.95 Å². The summed E-state index contributed by atoms with van der Waals surface area (Å²) in [7, 11) is 0. The Hall–Kier alpha value is -2.17. The summed E-state index contributed by atoms with van der Waals surface area (Å²) in [4.78, 5) is 42.8. The van der Waals surface area contributed by atoms with Crippen LogP contribution in [0.25, 0.3) is 0 Å². The lowest BCUT2D eigenvalue weighted by Gasteiger charge is -2.25. The smallest absolute Gasteiger partial charge is 0.390 e. The van der Waals surface area contributed by atoms with Gasteiger partial charge in [0.05, 0.1) is 17.7 Å². The molecular weight excluding hydrogens is 330 g/mol. The second kappa shape index (κ2) is 8.28. The molecule has 0 aromatic carbocycles. The molecule has 0 aliphatic rings. The number of hydrogen-bond donors (Lipinski definition) is 2. The monoisotopic (exact) mass is 355 g/mol. The van der Waals surface area contributed by atoms with Crippen molar-refractivity contribution in [1.82, 2.24) is 20.3 Å². The standard InChI is InChI=1S/C15H25N5O5/c1-11(21)14(2,3)17-7-9-25-18-15(4,5)12(22)10-19-8-6-16-13(19)20(23)24/h6,8,17-18H,7,9-10H2,1-5H3. The molecule has 1 aromatic rings. The van der Waals surface area contributed by atoms with Crippen LogP contribution in [0.2, 0.25) is 0 Å². The highest BCUT2D eigenvalue weighted by Gasteiger charge is 2.30. The number of ketones is 2. The van der Waals surface area contributed by atoms with Gasteiger partial charge in [0.25, 0.3) is 0 Å². The van der Waals surface area contributed by atoms with Crippen LogP contribution in [-0.2, 0) is 21.0 Å². The predicted molar refractivity (Wildman–Crippen MR) is 89.8 cm³/mol. The first-order valence-corrected chi connectivity index (χ1v) is 7.81. The number of hydroxylamine groups is 1. The molecule has 0 aliphatic heterocycles. The molecule has 0 radical (unpaired) electrons. The number of hydrogen-bond acceptors (Lipinski definition) is 8. The van der Waals surface area contributed by atoms with E-state index in [1.54, 1.807) is 27.7 Å². The molecule has 0 aliphatic carbocycles. The topological polar surface area (TPSA) is 128 Å². The van der Waals surface area contributed by atoms with Crippen LogP contribution < -0.4 is 10.8 Å². The van der Waals surface area contributed by atoms with Crippen LogP contribution in [0.1, 0.15) is 34.6 Å². The molecule has 0 saturated carbocycles. The van der Waals surface area contributed by atoms with E-state index in [0.29, 0.717) is 6.54 Å². The lowest BCUT2D eigenvalue weighted by molar-refractivity contribution is -0.396. The van der Waals surface area contributed by atoms with Crippen molar-refractivity contribution >= 4 is 17.5 Å². The Morgan fingerprint density at radius 2 is 1.96 bits per heavy atom. The summed E-state index contributed by atoms with van der Waals surface area (Å²) in [5.41, 5.74) is 0.966. The van der Waals surface area contributed by atoms with E-state index >= 15 is 0 Å². The van der Waals surface area contributed by atoms with Crippen LogP contribution in [0, 0.1) is 10.1 Å². The zero-order valence-corrected chi connectivity index (χ0v) is 15.2. The van der Waals surface area contributed by atoms with Crippen molar-refractivity contribution < 1.29 is 19.3 Å². The molecule has 0 fully saturated rings. The van der Waals surface area contributed by atoms with E-state index < -0.39 is 16.0 Å². The highest BCUT2D eigenvalue weighted by molar-refractivity contribution is 5.87. The van der Waals surface area contributed by atoms with Crippen LogP contribution in [-0.4, -0.2) is 50.3 Å². The first-order valence-electron chi connectivity index (χ1n) is 7.81. The van der Waals surface area contributed by atoms with E-state index in [-0.39, 0.29) is 30.7 Å². The van der Waals surface area contributed by atoms with E-state index in [0.717, 1.165) is 0 Å². The van der Waals surface area contributed by atoms with E-state index in [9.17, 15) is 19.7 Å². The second-order valence-corrected chi connectivity index (χ2v) is 6.72. The van der Waals surface area contributed by atoms with Crippen LogP contribution in [0.3, 0.4) is 0 Å². The minimum Gasteiger partial charge on any atom is -0.390 e. The summed E-state index contributed by atoms with van der Waals surface area (Å²) in [6.07, 6.45) is 2.64. The van der Waals surface area contributed by atoms with E-state index in [1.165, 1.54) is 23.9 Å². The third-order valence-electron chi connectivity index (χ3n) is 3.85. The largest absolute Gasteiger partial charge is 0.434 e. The van der Waals surface area contributed by atoms with Crippen molar-refractivity contribution in [2.24, 2.45) is 0 Å². The number of carbonyl (C=O) groups excluding carboxylic acids is 2. The summed E-state index contributed by atoms with van der Waals surface area (Å²) >= 11 is 0. The molecule has 0 saturated heterocycles. The lowest BCUT2D eigenvalue weighted by atomic mass is 10.0. The first-order chi connectivity index (χ1) is 11.5. The molecule has 0 spiro atoms. The second-order valence-electron chi connectivity index (χ2n) is 6.72. The van der Waals surface area contributed by atoms with Gasteiger partial charge in [0, 0.05) is 6.54 Å². The number of Topliss-reactive ketones (excluding diaryl/α,β-unsaturated/α-hetero) is 2. The number of imidazole rings is 1. The Morgan fingerprint density at radius 1 is 1.32 bits per heavy atom. The zero-order chi connectivity index (χ0) is 19.3. The van der Waals surface area contributed by atoms with Crippen molar-refractivity contribution in [2.75, 3.05) is 13.2 Å². The minimum atomic E-state index is -1.05. The number of rotatable bonds is 11. The Kier molecular flexibility index (Phi) is 6.91. The van der Waals surface area contributed by atoms with Gasteiger partial charge in [0.2, 0.25) is 0 Å². The van der Waals surface area contributed by atoms with Gasteiger partial charge in [-0.25, -0.2) is 4.57 Å². The fraction of sp³-hybridized carbons (Fsp3) is 0.667. The van der Waals surface area contributed by atoms with E-state index in [4.69, 9.17) is 4.84 Å². The number of carbonyl (C=O) groups is 2. The first kappa shape index (κ1) is 20.9. The van der Waals surface area contributed by atoms with Crippen LogP contribution in [0.15, 0.2) is 12.4 Å². The summed E-state index contributed by atoms with van der Waals surface area (Å²) in [5.74, 6) is -0.677. The van der Waals surface area contributed by atoms with Crippen molar-refractivity contribution in [2.45, 2.75) is 52.2 Å². The molecule has 2 N–H and O–H groups in total. The Bertz CT molecular complexity index is 638. The number of nitrogens with zero attached hydrogens (tertiary/aromatic N) is 3. The minimum absolute atomic E-state index is 0.0119. The molecule has 10 heteroatoms. The maximum absolute atomic E-state index is 12.3. The van der Waals surface area contributed by atoms with Gasteiger partial charge >= 0.3 is 5.95 Å². The highest BCUT2D eigenvalue weighted by atomic mass is 16.6. The normalized spacial score (nSPS) is 12.2. The van der Waals surface area contributed by atoms with Gasteiger partial charge in [-0.1, -0.05) is 4.98 Å². The third-order valence-corrected chi connectivity index (χ3v) is 3.85. The number of nitro groups is 1. The zero-order valence-electron chi connectivity index (χ0n) is 15.2. The van der Waals surface area contributed by atoms with Crippen molar-refractivity contribution in [3.63, 3.8) is 0 Å². The van der Waals surface area contributed by atoms with E-state index in [1.807, 2.05) is 0 Å². The maximum Gasteiger partial charge on any atom is 0.434 e. The summed E-state index contributed by atoms with van der Waals surface area (Å²) in [5, 5.41) is 13.9. The SMILES string of the molecule is CC(=O)C(C)(C)NCCONC(C)(C)C(=O)Cn1ccnc1[N+](=O)[O-]. The van der Waals surface area contributed by atoms with Gasteiger partial charge in [-0.05, 0) is 39.5 Å². The molecule has 0 amide bonds. The van der Waals surface area contributed by atoms with Crippen molar-refractivity contribution in [1.29, 1.82) is 0 Å². The summed E-state index contributed by atoms with van der Waals surface area (Å²) in [6.45, 7) is 8.73. The molecule has 0 unspecified atom stereocenters. The highest BCUT2D eigenvalue weighted by Crippen LogP contribution is 2.12. The quantitative estimate of drug-likeness (QED) is 0.336. The Morgan fingerprint density at radius 3 is 2.52 bits per heavy atom. The van der Waals surface area contributed by atoms with Gasteiger partial charge < -0.3 is 15.4 Å². The van der Waals surface area contributed by atoms with Gasteiger partial charge in [0.15, 0.2) is 5.78 Å². The molecule has 1 heterocycles. The molecule has 10 nitrogen and oxygen atoms in total. The number of aromatic nitrogens is 2. The van der Waals surface area contributed by atoms with Crippen LogP contribution in [0.5, 0.6) is 0 Å². The van der Waals surface area contributed by atoms with Crippen LogP contribution >= 0.6 is 0 Å². The fourth-order valence-electron chi connectivity index (χ4n) is 1.78. The van der Waals surface area contributed by atoms with Gasteiger partial charge in [-0.15, -0.1) is 0 Å². The average Bonchev–Trinajstić information content (AvgIpc) is 2.94. The van der Waals surface area contributed by atoms with Gasteiger partial charge in [-0.2, -0.15) is 5.48 Å². The Balaban J connectivity index is 2.47. The molecular formula is C15H25N5O5. The lowest BCUT2D eigenvalue weighted by Crippen LogP contribution is -2.50. The predicted octanol–water partition coefficient (Wildman–Crippen LogP) is 0.617. The molecule has 25 heavy (non-hydrogen) atoms. The molecule has 1 aromatic heterocycles. The molecule has 140 valence electrons. The third kappa shape index (κ3) is 6.00. The van der Waals surface area contributed by atoms with E-state index in [2.05, 4.69) is 15.8 Å². The molecule has 1 rings (SSSR count). The molecule has 0 atom stereocenters. The average molecular weight is 355 g/mol. The number of nitrogens with one attached hydrogen (secondary N) is 2. The van der Waals surface area contributed by atoms with Gasteiger partial charge in [0.1, 0.15) is 24.7 Å².